The van der Waals surface area contributed by atoms with Gasteiger partial charge in [-0.05, 0) is 19.4 Å². The molecule has 28 heavy (non-hydrogen) atoms. The van der Waals surface area contributed by atoms with E-state index in [0.29, 0.717) is 37.0 Å². The Labute approximate surface area is 162 Å². The van der Waals surface area contributed by atoms with Crippen molar-refractivity contribution in [2.75, 3.05) is 20.2 Å². The lowest BCUT2D eigenvalue weighted by molar-refractivity contribution is -0.129. The second-order valence-electron chi connectivity index (χ2n) is 6.85. The highest BCUT2D eigenvalue weighted by Gasteiger charge is 2.31. The third-order valence-corrected chi connectivity index (χ3v) is 4.89. The lowest BCUT2D eigenvalue weighted by atomic mass is 10.1. The summed E-state index contributed by atoms with van der Waals surface area (Å²) in [5.74, 6) is 1.71. The van der Waals surface area contributed by atoms with Gasteiger partial charge in [0, 0.05) is 31.0 Å². The maximum Gasteiger partial charge on any atom is 0.267 e. The van der Waals surface area contributed by atoms with E-state index in [1.165, 1.54) is 0 Å². The van der Waals surface area contributed by atoms with Crippen LogP contribution in [0, 0.1) is 6.92 Å². The number of amides is 1. The van der Waals surface area contributed by atoms with Gasteiger partial charge in [0.1, 0.15) is 11.4 Å². The molecule has 4 rings (SSSR count). The van der Waals surface area contributed by atoms with Crippen LogP contribution >= 0.6 is 0 Å². The average Bonchev–Trinajstić information content (AvgIpc) is 3.38. The summed E-state index contributed by atoms with van der Waals surface area (Å²) in [7, 11) is 1.62. The maximum atomic E-state index is 12.8. The van der Waals surface area contributed by atoms with E-state index in [4.69, 9.17) is 9.15 Å². The molecule has 2 aromatic heterocycles. The Kier molecular flexibility index (Phi) is 5.01. The zero-order chi connectivity index (χ0) is 19.5. The number of hydrogen-bond donors (Lipinski definition) is 0. The molecule has 1 aliphatic heterocycles. The van der Waals surface area contributed by atoms with Crippen molar-refractivity contribution in [1.82, 2.24) is 25.1 Å². The number of ether oxygens (including phenoxy) is 1. The average molecular weight is 379 g/mol. The van der Waals surface area contributed by atoms with E-state index in [1.807, 2.05) is 30.0 Å². The third kappa shape index (κ3) is 3.71. The Hall–Kier alpha value is -3.29. The van der Waals surface area contributed by atoms with Crippen LogP contribution in [-0.2, 0) is 11.2 Å². The minimum Gasteiger partial charge on any atom is -0.496 e. The number of aryl methyl sites for hydroxylation is 1. The van der Waals surface area contributed by atoms with E-state index >= 15 is 0 Å². The van der Waals surface area contributed by atoms with Crippen molar-refractivity contribution in [1.29, 1.82) is 0 Å². The first kappa shape index (κ1) is 18.1. The van der Waals surface area contributed by atoms with Crippen molar-refractivity contribution in [2.24, 2.45) is 0 Å². The first-order valence-corrected chi connectivity index (χ1v) is 9.15. The molecule has 0 spiro atoms. The van der Waals surface area contributed by atoms with Crippen LogP contribution in [0.25, 0.3) is 11.6 Å². The molecule has 0 bridgehead atoms. The molecule has 1 amide bonds. The molecule has 0 radical (unpaired) electrons. The number of carbonyl (C=O) groups excluding carboxylic acids is 1. The van der Waals surface area contributed by atoms with Gasteiger partial charge in [0.2, 0.25) is 11.8 Å². The standard InChI is InChI=1S/C20H21N5O3/c1-13-3-4-17(27-2)15(9-13)10-18(26)25-8-5-14(12-25)19-23-24-20(28-19)16-11-21-6-7-22-16/h3-4,6-7,9,11,14H,5,8,10,12H2,1-2H3/t14-/m0/s1. The molecule has 0 unspecified atom stereocenters. The minimum atomic E-state index is 0.0290. The summed E-state index contributed by atoms with van der Waals surface area (Å²) in [6, 6.07) is 5.87. The SMILES string of the molecule is COc1ccc(C)cc1CC(=O)N1CC[C@H](c2nnc(-c3cnccn3)o2)C1. The van der Waals surface area contributed by atoms with Gasteiger partial charge < -0.3 is 14.1 Å². The summed E-state index contributed by atoms with van der Waals surface area (Å²) in [6.45, 7) is 3.24. The van der Waals surface area contributed by atoms with Crippen LogP contribution in [0.5, 0.6) is 5.75 Å². The van der Waals surface area contributed by atoms with E-state index in [2.05, 4.69) is 20.2 Å². The van der Waals surface area contributed by atoms with Crippen LogP contribution in [0.15, 0.2) is 41.2 Å². The lowest BCUT2D eigenvalue weighted by Gasteiger charge is -2.17. The van der Waals surface area contributed by atoms with E-state index in [1.54, 1.807) is 25.7 Å². The predicted octanol–water partition coefficient (Wildman–Crippen LogP) is 2.40. The Morgan fingerprint density at radius 1 is 1.32 bits per heavy atom. The zero-order valence-corrected chi connectivity index (χ0v) is 15.8. The fraction of sp³-hybridized carbons (Fsp3) is 0.350. The van der Waals surface area contributed by atoms with Crippen LogP contribution < -0.4 is 4.74 Å². The Balaban J connectivity index is 1.42. The van der Waals surface area contributed by atoms with Gasteiger partial charge in [-0.1, -0.05) is 17.7 Å². The molecule has 3 aromatic rings. The lowest BCUT2D eigenvalue weighted by Crippen LogP contribution is -2.30. The van der Waals surface area contributed by atoms with Gasteiger partial charge in [-0.15, -0.1) is 10.2 Å². The molecular formula is C20H21N5O3. The van der Waals surface area contributed by atoms with Gasteiger partial charge in [0.25, 0.3) is 5.89 Å². The number of methoxy groups -OCH3 is 1. The Morgan fingerprint density at radius 2 is 2.21 bits per heavy atom. The predicted molar refractivity (Wildman–Crippen MR) is 101 cm³/mol. The quantitative estimate of drug-likeness (QED) is 0.672. The highest BCUT2D eigenvalue weighted by Crippen LogP contribution is 2.29. The van der Waals surface area contributed by atoms with Crippen LogP contribution in [0.1, 0.15) is 29.4 Å². The van der Waals surface area contributed by atoms with E-state index in [9.17, 15) is 4.79 Å². The van der Waals surface area contributed by atoms with E-state index in [0.717, 1.165) is 23.3 Å². The number of benzene rings is 1. The maximum absolute atomic E-state index is 12.8. The smallest absolute Gasteiger partial charge is 0.267 e. The van der Waals surface area contributed by atoms with Crippen molar-refractivity contribution in [3.63, 3.8) is 0 Å². The molecule has 1 aromatic carbocycles. The number of nitrogens with zero attached hydrogens (tertiary/aromatic N) is 5. The van der Waals surface area contributed by atoms with Crippen molar-refractivity contribution in [3.05, 3.63) is 53.8 Å². The first-order chi connectivity index (χ1) is 13.6. The molecule has 8 nitrogen and oxygen atoms in total. The highest BCUT2D eigenvalue weighted by atomic mass is 16.5. The highest BCUT2D eigenvalue weighted by molar-refractivity contribution is 5.80. The summed E-state index contributed by atoms with van der Waals surface area (Å²) in [5.41, 5.74) is 2.54. The number of likely N-dealkylation sites (tertiary alicyclic amines) is 1. The summed E-state index contributed by atoms with van der Waals surface area (Å²) < 4.78 is 11.2. The molecule has 1 saturated heterocycles. The van der Waals surface area contributed by atoms with Crippen molar-refractivity contribution in [3.8, 4) is 17.3 Å². The van der Waals surface area contributed by atoms with Crippen LogP contribution in [0.2, 0.25) is 0 Å². The van der Waals surface area contributed by atoms with E-state index in [-0.39, 0.29) is 11.8 Å². The summed E-state index contributed by atoms with van der Waals surface area (Å²) in [6.07, 6.45) is 5.85. The molecule has 0 N–H and O–H groups in total. The van der Waals surface area contributed by atoms with Gasteiger partial charge >= 0.3 is 0 Å². The van der Waals surface area contributed by atoms with Gasteiger partial charge in [-0.3, -0.25) is 9.78 Å². The number of aromatic nitrogens is 4. The third-order valence-electron chi connectivity index (χ3n) is 4.89. The van der Waals surface area contributed by atoms with Gasteiger partial charge in [-0.2, -0.15) is 0 Å². The number of hydrogen-bond acceptors (Lipinski definition) is 7. The fourth-order valence-corrected chi connectivity index (χ4v) is 3.42. The van der Waals surface area contributed by atoms with Crippen LogP contribution in [-0.4, -0.2) is 51.2 Å². The Bertz CT molecular complexity index is 973. The minimum absolute atomic E-state index is 0.0290. The number of carbonyl (C=O) groups is 1. The fourth-order valence-electron chi connectivity index (χ4n) is 3.42. The van der Waals surface area contributed by atoms with Crippen LogP contribution in [0.3, 0.4) is 0 Å². The van der Waals surface area contributed by atoms with Crippen LogP contribution in [0.4, 0.5) is 0 Å². The second-order valence-corrected chi connectivity index (χ2v) is 6.85. The molecule has 0 aliphatic carbocycles. The number of rotatable bonds is 5. The van der Waals surface area contributed by atoms with Gasteiger partial charge in [0.05, 0.1) is 25.6 Å². The molecular weight excluding hydrogens is 358 g/mol. The van der Waals surface area contributed by atoms with Crippen molar-refractivity contribution >= 4 is 5.91 Å². The Morgan fingerprint density at radius 3 is 3.00 bits per heavy atom. The largest absolute Gasteiger partial charge is 0.496 e. The van der Waals surface area contributed by atoms with Crippen molar-refractivity contribution in [2.45, 2.75) is 25.7 Å². The molecule has 1 fully saturated rings. The summed E-state index contributed by atoms with van der Waals surface area (Å²) in [5, 5.41) is 8.21. The first-order valence-electron chi connectivity index (χ1n) is 9.15. The molecule has 0 saturated carbocycles. The van der Waals surface area contributed by atoms with Gasteiger partial charge in [-0.25, -0.2) is 4.98 Å². The zero-order valence-electron chi connectivity index (χ0n) is 15.8. The summed E-state index contributed by atoms with van der Waals surface area (Å²) >= 11 is 0. The topological polar surface area (TPSA) is 94.2 Å². The molecule has 8 heteroatoms. The molecule has 3 heterocycles. The second kappa shape index (κ2) is 7.75. The molecule has 1 atom stereocenters. The van der Waals surface area contributed by atoms with Crippen molar-refractivity contribution < 1.29 is 13.9 Å². The normalized spacial score (nSPS) is 16.4. The monoisotopic (exact) mass is 379 g/mol. The molecule has 144 valence electrons. The molecule has 1 aliphatic rings. The van der Waals surface area contributed by atoms with Gasteiger partial charge in [0.15, 0.2) is 0 Å². The summed E-state index contributed by atoms with van der Waals surface area (Å²) in [4.78, 5) is 22.8. The van der Waals surface area contributed by atoms with E-state index < -0.39 is 0 Å².